The van der Waals surface area contributed by atoms with Crippen LogP contribution in [0.2, 0.25) is 0 Å². The molecule has 0 spiro atoms. The van der Waals surface area contributed by atoms with Crippen LogP contribution in [0.5, 0.6) is 0 Å². The number of aliphatic hydroxyl groups excluding tert-OH is 1. The van der Waals surface area contributed by atoms with Gasteiger partial charge in [-0.25, -0.2) is 0 Å². The van der Waals surface area contributed by atoms with Crippen LogP contribution in [0.3, 0.4) is 0 Å². The fourth-order valence-electron chi connectivity index (χ4n) is 5.85. The number of hydrogen-bond donors (Lipinski definition) is 2. The van der Waals surface area contributed by atoms with Gasteiger partial charge < -0.3 is 19.5 Å². The van der Waals surface area contributed by atoms with Gasteiger partial charge in [-0.2, -0.15) is 0 Å². The Morgan fingerprint density at radius 2 is 2.08 bits per heavy atom. The van der Waals surface area contributed by atoms with Gasteiger partial charge in [0, 0.05) is 16.5 Å². The van der Waals surface area contributed by atoms with Crippen molar-refractivity contribution in [3.8, 4) is 0 Å². The lowest BCUT2D eigenvalue weighted by molar-refractivity contribution is 0.110. The molecule has 1 aromatic heterocycles. The topological polar surface area (TPSA) is 80.2 Å². The van der Waals surface area contributed by atoms with Crippen LogP contribution in [0.15, 0.2) is 53.3 Å². The molecule has 1 fully saturated rings. The second-order valence-corrected chi connectivity index (χ2v) is 15.1. The number of nitrogens with zero attached hydrogens (tertiary/aromatic N) is 1. The zero-order valence-corrected chi connectivity index (χ0v) is 24.9. The number of dihydropyridines is 1. The van der Waals surface area contributed by atoms with Crippen molar-refractivity contribution < 1.29 is 18.9 Å². The second-order valence-electron chi connectivity index (χ2n) is 11.7. The first-order valence-electron chi connectivity index (χ1n) is 13.9. The maximum atomic E-state index is 14.1. The van der Waals surface area contributed by atoms with E-state index in [1.807, 2.05) is 25.3 Å². The molecular formula is C30H41N2O4PS. The van der Waals surface area contributed by atoms with Gasteiger partial charge >= 0.3 is 0 Å². The lowest BCUT2D eigenvalue weighted by Crippen LogP contribution is -2.33. The number of allylic oxidation sites excluding steroid dienone is 5. The first-order valence-corrected chi connectivity index (χ1v) is 16.4. The molecule has 1 aromatic rings. The number of ether oxygens (including phenoxy) is 1. The second kappa shape index (κ2) is 10.6. The van der Waals surface area contributed by atoms with Crippen LogP contribution >= 0.6 is 18.9 Å². The smallest absolute Gasteiger partial charge is 0.296 e. The van der Waals surface area contributed by atoms with Gasteiger partial charge in [0.15, 0.2) is 0 Å². The van der Waals surface area contributed by atoms with Crippen LogP contribution in [-0.4, -0.2) is 35.2 Å². The zero-order valence-electron chi connectivity index (χ0n) is 23.1. The van der Waals surface area contributed by atoms with E-state index < -0.39 is 13.6 Å². The van der Waals surface area contributed by atoms with E-state index in [1.165, 1.54) is 0 Å². The molecule has 6 nitrogen and oxygen atoms in total. The highest BCUT2D eigenvalue weighted by molar-refractivity contribution is 7.61. The third kappa shape index (κ3) is 5.28. The van der Waals surface area contributed by atoms with Gasteiger partial charge in [-0.1, -0.05) is 25.2 Å². The van der Waals surface area contributed by atoms with E-state index in [-0.39, 0.29) is 22.7 Å². The van der Waals surface area contributed by atoms with Crippen molar-refractivity contribution in [3.05, 3.63) is 58.0 Å². The number of nitrogens with one attached hydrogen (secondary N) is 1. The Morgan fingerprint density at radius 1 is 1.32 bits per heavy atom. The third-order valence-corrected chi connectivity index (χ3v) is 12.4. The highest BCUT2D eigenvalue weighted by atomic mass is 32.1. The fourth-order valence-corrected chi connectivity index (χ4v) is 9.34. The molecule has 2 aliphatic carbocycles. The van der Waals surface area contributed by atoms with E-state index in [0.29, 0.717) is 12.5 Å². The molecular weight excluding hydrogens is 515 g/mol. The van der Waals surface area contributed by atoms with E-state index in [9.17, 15) is 9.67 Å². The highest BCUT2D eigenvalue weighted by Crippen LogP contribution is 2.58. The van der Waals surface area contributed by atoms with Crippen LogP contribution in [0.4, 0.5) is 5.69 Å². The van der Waals surface area contributed by atoms with Gasteiger partial charge in [-0.15, -0.1) is 11.3 Å². The van der Waals surface area contributed by atoms with E-state index in [2.05, 4.69) is 61.2 Å². The molecule has 0 saturated heterocycles. The van der Waals surface area contributed by atoms with Crippen LogP contribution < -0.4 is 5.09 Å². The van der Waals surface area contributed by atoms with Crippen LogP contribution in [0.25, 0.3) is 5.57 Å². The maximum absolute atomic E-state index is 14.1. The maximum Gasteiger partial charge on any atom is 0.296 e. The number of aliphatic hydroxyl groups is 1. The van der Waals surface area contributed by atoms with Crippen LogP contribution in [0, 0.1) is 11.3 Å². The number of thiophene rings is 1. The summed E-state index contributed by atoms with van der Waals surface area (Å²) >= 11 is 1.55. The van der Waals surface area contributed by atoms with Gasteiger partial charge in [0.1, 0.15) is 17.4 Å². The number of anilines is 1. The standard InChI is InChI=1S/C30H41N2O4PS/c1-6-35-37(34,23-11-9-20(2)10-12-23)32-24-18-25(38-28(24)21(3)33)22-13-15-29(4,16-14-22)27-19-30(5)26(36-27)8-7-17-31-30/h7-8,13-15,17-21,23,26,33H,6,9-12,16H2,1-5H3,(H,32,34)/t20?,21?,23?,26?,29?,30?,37-/m1/s1. The summed E-state index contributed by atoms with van der Waals surface area (Å²) in [7, 11) is -3.12. The Bertz CT molecular complexity index is 1250. The average molecular weight is 557 g/mol. The minimum atomic E-state index is -3.12. The Labute approximate surface area is 231 Å². The summed E-state index contributed by atoms with van der Waals surface area (Å²) in [6.07, 6.45) is 18.6. The number of aliphatic imine (C=N–C) groups is 1. The summed E-state index contributed by atoms with van der Waals surface area (Å²) in [5.74, 6) is 1.62. The molecule has 4 unspecified atom stereocenters. The van der Waals surface area contributed by atoms with Crippen LogP contribution in [0.1, 0.15) is 82.6 Å². The average Bonchev–Trinajstić information content (AvgIpc) is 3.46. The molecule has 0 amide bonds. The molecule has 8 heteroatoms. The summed E-state index contributed by atoms with van der Waals surface area (Å²) in [4.78, 5) is 6.48. The van der Waals surface area contributed by atoms with E-state index in [0.717, 1.165) is 58.9 Å². The Balaban J connectivity index is 1.37. The van der Waals surface area contributed by atoms with Gasteiger partial charge in [-0.05, 0) is 95.6 Å². The van der Waals surface area contributed by atoms with E-state index >= 15 is 0 Å². The molecule has 1 saturated carbocycles. The Morgan fingerprint density at radius 3 is 2.71 bits per heavy atom. The minimum Gasteiger partial charge on any atom is -0.487 e. The quantitative estimate of drug-likeness (QED) is 0.317. The predicted molar refractivity (Wildman–Crippen MR) is 158 cm³/mol. The SMILES string of the molecule is CCO[P@@](=O)(Nc1cc(C2=CCC(C)(C3=CC4(C)N=CC=CC4O3)C=C2)sc1C(C)O)C1CCC(C)CC1. The first-order chi connectivity index (χ1) is 18.1. The molecule has 3 heterocycles. The molecule has 2 aliphatic heterocycles. The van der Waals surface area contributed by atoms with E-state index in [4.69, 9.17) is 9.26 Å². The van der Waals surface area contributed by atoms with Gasteiger partial charge in [0.2, 0.25) is 0 Å². The van der Waals surface area contributed by atoms with Gasteiger partial charge in [0.25, 0.3) is 7.52 Å². The molecule has 0 bridgehead atoms. The Kier molecular flexibility index (Phi) is 7.69. The monoisotopic (exact) mass is 556 g/mol. The van der Waals surface area contributed by atoms with Crippen molar-refractivity contribution >= 4 is 36.3 Å². The number of rotatable bonds is 8. The molecule has 0 radical (unpaired) electrons. The first kappa shape index (κ1) is 27.6. The van der Waals surface area contributed by atoms with Crippen molar-refractivity contribution in [1.82, 2.24) is 0 Å². The molecule has 4 aliphatic rings. The van der Waals surface area contributed by atoms with Crippen molar-refractivity contribution in [3.63, 3.8) is 0 Å². The van der Waals surface area contributed by atoms with E-state index in [1.54, 1.807) is 18.3 Å². The molecule has 5 rings (SSSR count). The normalized spacial score (nSPS) is 34.6. The summed E-state index contributed by atoms with van der Waals surface area (Å²) in [5.41, 5.74) is 1.22. The number of hydrogen-bond acceptors (Lipinski definition) is 6. The zero-order chi connectivity index (χ0) is 27.1. The third-order valence-electron chi connectivity index (χ3n) is 8.41. The predicted octanol–water partition coefficient (Wildman–Crippen LogP) is 8.05. The van der Waals surface area contributed by atoms with Crippen molar-refractivity contribution in [1.29, 1.82) is 0 Å². The van der Waals surface area contributed by atoms with Crippen LogP contribution in [-0.2, 0) is 13.8 Å². The molecule has 2 N–H and O–H groups in total. The number of fused-ring (bicyclic) bond motifs is 1. The lowest BCUT2D eigenvalue weighted by Gasteiger charge is -2.33. The minimum absolute atomic E-state index is 0.00256. The van der Waals surface area contributed by atoms with Gasteiger partial charge in [-0.3, -0.25) is 9.56 Å². The Hall–Kier alpha value is -1.92. The van der Waals surface area contributed by atoms with Crippen molar-refractivity contribution in [2.24, 2.45) is 16.3 Å². The fraction of sp³-hybridized carbons (Fsp3) is 0.567. The largest absolute Gasteiger partial charge is 0.487 e. The van der Waals surface area contributed by atoms with Crippen molar-refractivity contribution in [2.45, 2.75) is 90.1 Å². The summed E-state index contributed by atoms with van der Waals surface area (Å²) in [6.45, 7) is 10.6. The highest BCUT2D eigenvalue weighted by Gasteiger charge is 2.44. The molecule has 206 valence electrons. The summed E-state index contributed by atoms with van der Waals surface area (Å²) in [5, 5.41) is 13.9. The van der Waals surface area contributed by atoms with Gasteiger partial charge in [0.05, 0.1) is 28.9 Å². The molecule has 5 atom stereocenters. The summed E-state index contributed by atoms with van der Waals surface area (Å²) in [6, 6.07) is 2.03. The molecule has 0 aromatic carbocycles. The van der Waals surface area contributed by atoms with Crippen molar-refractivity contribution in [2.75, 3.05) is 11.7 Å². The summed E-state index contributed by atoms with van der Waals surface area (Å²) < 4.78 is 26.4. The molecule has 38 heavy (non-hydrogen) atoms. The lowest BCUT2D eigenvalue weighted by atomic mass is 9.79.